The average Bonchev–Trinajstić information content (AvgIpc) is 2.59. The van der Waals surface area contributed by atoms with Crippen molar-refractivity contribution < 1.29 is 9.90 Å². The standard InChI is InChI=1S/C11H12N4O2S/c1-6-4-7(2)14-10(13-6)18-11-12-5-8(9(16)17)15(11)3/h4-5H,1-3H3,(H,16,17). The molecule has 18 heavy (non-hydrogen) atoms. The Balaban J connectivity index is 2.31. The molecule has 0 amide bonds. The number of nitrogens with zero attached hydrogens (tertiary/aromatic N) is 4. The molecule has 0 saturated carbocycles. The van der Waals surface area contributed by atoms with Crippen LogP contribution in [0.25, 0.3) is 0 Å². The summed E-state index contributed by atoms with van der Waals surface area (Å²) in [4.78, 5) is 23.5. The van der Waals surface area contributed by atoms with Crippen molar-refractivity contribution in [2.75, 3.05) is 0 Å². The van der Waals surface area contributed by atoms with E-state index in [1.165, 1.54) is 22.5 Å². The largest absolute Gasteiger partial charge is 0.477 e. The van der Waals surface area contributed by atoms with E-state index in [0.29, 0.717) is 10.3 Å². The minimum Gasteiger partial charge on any atom is -0.477 e. The highest BCUT2D eigenvalue weighted by atomic mass is 32.2. The first-order chi connectivity index (χ1) is 8.47. The third-order valence-electron chi connectivity index (χ3n) is 2.31. The van der Waals surface area contributed by atoms with Gasteiger partial charge in [-0.2, -0.15) is 0 Å². The monoisotopic (exact) mass is 264 g/mol. The molecule has 0 aliphatic heterocycles. The maximum Gasteiger partial charge on any atom is 0.354 e. The number of carboxylic acids is 1. The molecule has 0 aliphatic carbocycles. The van der Waals surface area contributed by atoms with Crippen molar-refractivity contribution in [3.05, 3.63) is 29.3 Å². The predicted molar refractivity (Wildman–Crippen MR) is 65.8 cm³/mol. The third-order valence-corrected chi connectivity index (χ3v) is 3.24. The van der Waals surface area contributed by atoms with Crippen LogP contribution in [0.15, 0.2) is 22.6 Å². The maximum atomic E-state index is 10.9. The van der Waals surface area contributed by atoms with E-state index in [2.05, 4.69) is 15.0 Å². The molecule has 94 valence electrons. The first-order valence-electron chi connectivity index (χ1n) is 5.22. The lowest BCUT2D eigenvalue weighted by Gasteiger charge is -2.03. The zero-order chi connectivity index (χ0) is 13.3. The van der Waals surface area contributed by atoms with Crippen LogP contribution in [0.4, 0.5) is 0 Å². The number of aromatic carboxylic acids is 1. The van der Waals surface area contributed by atoms with Crippen LogP contribution in [0.2, 0.25) is 0 Å². The molecule has 2 heterocycles. The normalized spacial score (nSPS) is 10.6. The minimum atomic E-state index is -1.00. The maximum absolute atomic E-state index is 10.9. The van der Waals surface area contributed by atoms with Crippen LogP contribution in [-0.4, -0.2) is 30.6 Å². The van der Waals surface area contributed by atoms with E-state index in [1.54, 1.807) is 7.05 Å². The van der Waals surface area contributed by atoms with Crippen LogP contribution >= 0.6 is 11.8 Å². The van der Waals surface area contributed by atoms with Gasteiger partial charge >= 0.3 is 5.97 Å². The second-order valence-corrected chi connectivity index (χ2v) is 4.76. The third kappa shape index (κ3) is 2.51. The van der Waals surface area contributed by atoms with Gasteiger partial charge in [0, 0.05) is 18.4 Å². The molecule has 2 aromatic heterocycles. The molecular weight excluding hydrogens is 252 g/mol. The SMILES string of the molecule is Cc1cc(C)nc(Sc2ncc(C(=O)O)n2C)n1. The van der Waals surface area contributed by atoms with E-state index in [4.69, 9.17) is 5.11 Å². The van der Waals surface area contributed by atoms with Gasteiger partial charge in [-0.1, -0.05) is 0 Å². The van der Waals surface area contributed by atoms with Crippen molar-refractivity contribution in [2.24, 2.45) is 7.05 Å². The molecule has 2 rings (SSSR count). The molecular formula is C11H12N4O2S. The van der Waals surface area contributed by atoms with E-state index in [0.717, 1.165) is 11.4 Å². The fourth-order valence-corrected chi connectivity index (χ4v) is 2.39. The Morgan fingerprint density at radius 1 is 1.33 bits per heavy atom. The van der Waals surface area contributed by atoms with Crippen LogP contribution in [0.5, 0.6) is 0 Å². The molecule has 7 heteroatoms. The van der Waals surface area contributed by atoms with Gasteiger partial charge < -0.3 is 9.67 Å². The first-order valence-corrected chi connectivity index (χ1v) is 6.04. The second kappa shape index (κ2) is 4.77. The smallest absolute Gasteiger partial charge is 0.354 e. The Kier molecular flexibility index (Phi) is 3.33. The molecule has 6 nitrogen and oxygen atoms in total. The van der Waals surface area contributed by atoms with Crippen LogP contribution in [-0.2, 0) is 7.05 Å². The Morgan fingerprint density at radius 2 is 1.94 bits per heavy atom. The van der Waals surface area contributed by atoms with Crippen LogP contribution < -0.4 is 0 Å². The summed E-state index contributed by atoms with van der Waals surface area (Å²) in [6.07, 6.45) is 1.33. The van der Waals surface area contributed by atoms with Crippen molar-refractivity contribution in [1.82, 2.24) is 19.5 Å². The van der Waals surface area contributed by atoms with E-state index in [9.17, 15) is 4.79 Å². The van der Waals surface area contributed by atoms with Crippen LogP contribution in [0.3, 0.4) is 0 Å². The highest BCUT2D eigenvalue weighted by molar-refractivity contribution is 7.99. The average molecular weight is 264 g/mol. The zero-order valence-corrected chi connectivity index (χ0v) is 11.0. The zero-order valence-electron chi connectivity index (χ0n) is 10.2. The number of aromatic nitrogens is 4. The van der Waals surface area contributed by atoms with Crippen molar-refractivity contribution in [3.63, 3.8) is 0 Å². The summed E-state index contributed by atoms with van der Waals surface area (Å²) in [5, 5.41) is 10.1. The van der Waals surface area contributed by atoms with Crippen molar-refractivity contribution in [1.29, 1.82) is 0 Å². The fourth-order valence-electron chi connectivity index (χ4n) is 1.51. The van der Waals surface area contributed by atoms with Gasteiger partial charge in [-0.05, 0) is 31.7 Å². The Bertz CT molecular complexity index is 589. The second-order valence-electron chi connectivity index (χ2n) is 3.83. The summed E-state index contributed by atoms with van der Waals surface area (Å²) >= 11 is 1.25. The van der Waals surface area contributed by atoms with Gasteiger partial charge in [-0.15, -0.1) is 0 Å². The summed E-state index contributed by atoms with van der Waals surface area (Å²) < 4.78 is 1.51. The van der Waals surface area contributed by atoms with Crippen LogP contribution in [0, 0.1) is 13.8 Å². The van der Waals surface area contributed by atoms with Gasteiger partial charge in [0.2, 0.25) is 0 Å². The lowest BCUT2D eigenvalue weighted by atomic mass is 10.4. The highest BCUT2D eigenvalue weighted by Crippen LogP contribution is 2.24. The van der Waals surface area contributed by atoms with E-state index < -0.39 is 5.97 Å². The van der Waals surface area contributed by atoms with Gasteiger partial charge in [0.05, 0.1) is 6.20 Å². The molecule has 0 saturated heterocycles. The first kappa shape index (κ1) is 12.6. The van der Waals surface area contributed by atoms with E-state index in [1.807, 2.05) is 19.9 Å². The molecule has 0 bridgehead atoms. The quantitative estimate of drug-likeness (QED) is 0.849. The summed E-state index contributed by atoms with van der Waals surface area (Å²) in [6, 6.07) is 1.88. The molecule has 0 aromatic carbocycles. The fraction of sp³-hybridized carbons (Fsp3) is 0.273. The molecule has 0 spiro atoms. The Morgan fingerprint density at radius 3 is 2.44 bits per heavy atom. The van der Waals surface area contributed by atoms with Crippen molar-refractivity contribution >= 4 is 17.7 Å². The molecule has 0 unspecified atom stereocenters. The highest BCUT2D eigenvalue weighted by Gasteiger charge is 2.14. The van der Waals surface area contributed by atoms with Crippen LogP contribution in [0.1, 0.15) is 21.9 Å². The summed E-state index contributed by atoms with van der Waals surface area (Å²) in [6.45, 7) is 3.78. The summed E-state index contributed by atoms with van der Waals surface area (Å²) in [7, 11) is 1.65. The van der Waals surface area contributed by atoms with Gasteiger partial charge in [-0.3, -0.25) is 0 Å². The molecule has 0 radical (unpaired) electrons. The van der Waals surface area contributed by atoms with E-state index in [-0.39, 0.29) is 5.69 Å². The number of rotatable bonds is 3. The number of hydrogen-bond acceptors (Lipinski definition) is 5. The summed E-state index contributed by atoms with van der Waals surface area (Å²) in [5.41, 5.74) is 1.89. The number of carboxylic acid groups (broad SMARTS) is 1. The lowest BCUT2D eigenvalue weighted by molar-refractivity contribution is 0.0685. The minimum absolute atomic E-state index is 0.141. The summed E-state index contributed by atoms with van der Waals surface area (Å²) in [5.74, 6) is -1.00. The molecule has 2 aromatic rings. The van der Waals surface area contributed by atoms with Gasteiger partial charge in [0.15, 0.2) is 10.3 Å². The Hall–Kier alpha value is -1.89. The number of aryl methyl sites for hydroxylation is 2. The van der Waals surface area contributed by atoms with Gasteiger partial charge in [-0.25, -0.2) is 19.7 Å². The molecule has 0 fully saturated rings. The number of carbonyl (C=O) groups is 1. The van der Waals surface area contributed by atoms with E-state index >= 15 is 0 Å². The molecule has 1 N–H and O–H groups in total. The number of imidazole rings is 1. The Labute approximate surface area is 108 Å². The molecule has 0 atom stereocenters. The topological polar surface area (TPSA) is 80.9 Å². The number of hydrogen-bond donors (Lipinski definition) is 1. The molecule has 0 aliphatic rings. The van der Waals surface area contributed by atoms with Gasteiger partial charge in [0.25, 0.3) is 0 Å². The predicted octanol–water partition coefficient (Wildman–Crippen LogP) is 1.68. The van der Waals surface area contributed by atoms with Gasteiger partial charge in [0.1, 0.15) is 5.69 Å². The van der Waals surface area contributed by atoms with Crippen molar-refractivity contribution in [2.45, 2.75) is 24.2 Å². The van der Waals surface area contributed by atoms with Crippen molar-refractivity contribution in [3.8, 4) is 0 Å². The lowest BCUT2D eigenvalue weighted by Crippen LogP contribution is -2.05.